The summed E-state index contributed by atoms with van der Waals surface area (Å²) in [6, 6.07) is 3.87. The summed E-state index contributed by atoms with van der Waals surface area (Å²) in [6.07, 6.45) is 0.940. The van der Waals surface area contributed by atoms with E-state index >= 15 is 0 Å². The van der Waals surface area contributed by atoms with Gasteiger partial charge in [-0.05, 0) is 54.0 Å². The van der Waals surface area contributed by atoms with Gasteiger partial charge >= 0.3 is 0 Å². The predicted molar refractivity (Wildman–Crippen MR) is 79.3 cm³/mol. The van der Waals surface area contributed by atoms with Gasteiger partial charge in [0.2, 0.25) is 10.0 Å². The molecule has 0 radical (unpaired) electrons. The minimum atomic E-state index is -3.54. The SMILES string of the molecule is CCCNCC(C)S(=O)(=O)Nc1cc(F)ccc1Br. The fraction of sp³-hybridized carbons (Fsp3) is 0.500. The lowest BCUT2D eigenvalue weighted by molar-refractivity contribution is 0.575. The van der Waals surface area contributed by atoms with Crippen molar-refractivity contribution in [3.63, 3.8) is 0 Å². The second-order valence-electron chi connectivity index (χ2n) is 4.29. The first-order valence-electron chi connectivity index (χ1n) is 6.04. The van der Waals surface area contributed by atoms with Gasteiger partial charge in [0, 0.05) is 11.0 Å². The summed E-state index contributed by atoms with van der Waals surface area (Å²) in [5.74, 6) is -0.488. The molecular formula is C12H18BrFN2O2S. The fourth-order valence-corrected chi connectivity index (χ4v) is 2.91. The van der Waals surface area contributed by atoms with Crippen molar-refractivity contribution in [2.45, 2.75) is 25.5 Å². The summed E-state index contributed by atoms with van der Waals surface area (Å²) < 4.78 is 40.1. The summed E-state index contributed by atoms with van der Waals surface area (Å²) in [5.41, 5.74) is 0.211. The van der Waals surface area contributed by atoms with Gasteiger partial charge in [-0.25, -0.2) is 12.8 Å². The molecule has 0 saturated heterocycles. The van der Waals surface area contributed by atoms with E-state index in [1.54, 1.807) is 6.92 Å². The minimum Gasteiger partial charge on any atom is -0.315 e. The van der Waals surface area contributed by atoms with Crippen LogP contribution in [-0.4, -0.2) is 26.8 Å². The molecule has 0 aliphatic heterocycles. The molecule has 0 fully saturated rings. The number of nitrogens with one attached hydrogen (secondary N) is 2. The second kappa shape index (κ2) is 7.21. The lowest BCUT2D eigenvalue weighted by atomic mass is 10.3. The van der Waals surface area contributed by atoms with Crippen LogP contribution in [0.15, 0.2) is 22.7 Å². The lowest BCUT2D eigenvalue weighted by Gasteiger charge is -2.16. The number of benzene rings is 1. The first-order chi connectivity index (χ1) is 8.86. The predicted octanol–water partition coefficient (Wildman–Crippen LogP) is 2.72. The van der Waals surface area contributed by atoms with Crippen molar-refractivity contribution >= 4 is 31.6 Å². The van der Waals surface area contributed by atoms with Crippen LogP contribution in [-0.2, 0) is 10.0 Å². The first kappa shape index (κ1) is 16.4. The van der Waals surface area contributed by atoms with Crippen LogP contribution in [0.1, 0.15) is 20.3 Å². The van der Waals surface area contributed by atoms with Gasteiger partial charge in [-0.3, -0.25) is 4.72 Å². The summed E-state index contributed by atoms with van der Waals surface area (Å²) in [5, 5.41) is 2.45. The van der Waals surface area contributed by atoms with Crippen LogP contribution in [0.4, 0.5) is 10.1 Å². The minimum absolute atomic E-state index is 0.211. The molecule has 0 aliphatic carbocycles. The highest BCUT2D eigenvalue weighted by Gasteiger charge is 2.21. The standard InChI is InChI=1S/C12H18BrFN2O2S/c1-3-6-15-8-9(2)19(17,18)16-12-7-10(14)4-5-11(12)13/h4-5,7,9,15-16H,3,6,8H2,1-2H3. The number of rotatable bonds is 7. The Morgan fingerprint density at radius 3 is 2.74 bits per heavy atom. The lowest BCUT2D eigenvalue weighted by Crippen LogP contribution is -2.35. The Labute approximate surface area is 122 Å². The van der Waals surface area contributed by atoms with Crippen LogP contribution >= 0.6 is 15.9 Å². The van der Waals surface area contributed by atoms with Crippen LogP contribution in [0.2, 0.25) is 0 Å². The molecule has 0 saturated carbocycles. The third-order valence-corrected chi connectivity index (χ3v) is 4.99. The van der Waals surface area contributed by atoms with E-state index in [-0.39, 0.29) is 5.69 Å². The molecule has 2 N–H and O–H groups in total. The molecule has 1 aromatic rings. The molecule has 0 amide bonds. The van der Waals surface area contributed by atoms with Gasteiger partial charge < -0.3 is 5.32 Å². The number of hydrogen-bond acceptors (Lipinski definition) is 3. The van der Waals surface area contributed by atoms with Crippen molar-refractivity contribution in [1.82, 2.24) is 5.32 Å². The number of halogens is 2. The summed E-state index contributed by atoms with van der Waals surface area (Å²) in [4.78, 5) is 0. The number of anilines is 1. The number of sulfonamides is 1. The van der Waals surface area contributed by atoms with Crippen LogP contribution < -0.4 is 10.0 Å². The highest BCUT2D eigenvalue weighted by Crippen LogP contribution is 2.24. The van der Waals surface area contributed by atoms with E-state index in [1.807, 2.05) is 6.92 Å². The third kappa shape index (κ3) is 5.08. The molecule has 1 aromatic carbocycles. The quantitative estimate of drug-likeness (QED) is 0.741. The van der Waals surface area contributed by atoms with Gasteiger partial charge in [0.25, 0.3) is 0 Å². The second-order valence-corrected chi connectivity index (χ2v) is 7.24. The van der Waals surface area contributed by atoms with E-state index in [4.69, 9.17) is 0 Å². The van der Waals surface area contributed by atoms with E-state index in [2.05, 4.69) is 26.0 Å². The van der Waals surface area contributed by atoms with Gasteiger partial charge in [-0.2, -0.15) is 0 Å². The van der Waals surface area contributed by atoms with E-state index in [1.165, 1.54) is 12.1 Å². The molecule has 0 heterocycles. The molecule has 1 rings (SSSR count). The highest BCUT2D eigenvalue weighted by molar-refractivity contribution is 9.10. The van der Waals surface area contributed by atoms with E-state index in [9.17, 15) is 12.8 Å². The molecule has 1 atom stereocenters. The molecule has 4 nitrogen and oxygen atoms in total. The molecule has 1 unspecified atom stereocenters. The van der Waals surface area contributed by atoms with Gasteiger partial charge in [-0.1, -0.05) is 6.92 Å². The first-order valence-corrected chi connectivity index (χ1v) is 8.38. The zero-order chi connectivity index (χ0) is 14.5. The normalized spacial score (nSPS) is 13.3. The van der Waals surface area contributed by atoms with Crippen LogP contribution in [0.25, 0.3) is 0 Å². The molecular weight excluding hydrogens is 335 g/mol. The van der Waals surface area contributed by atoms with E-state index in [0.29, 0.717) is 11.0 Å². The fourth-order valence-electron chi connectivity index (χ4n) is 1.42. The van der Waals surface area contributed by atoms with Crippen molar-refractivity contribution in [3.05, 3.63) is 28.5 Å². The Bertz CT molecular complexity index is 522. The van der Waals surface area contributed by atoms with Gasteiger partial charge in [-0.15, -0.1) is 0 Å². The molecule has 0 spiro atoms. The Morgan fingerprint density at radius 2 is 2.11 bits per heavy atom. The smallest absolute Gasteiger partial charge is 0.236 e. The average molecular weight is 353 g/mol. The van der Waals surface area contributed by atoms with Crippen molar-refractivity contribution in [2.24, 2.45) is 0 Å². The van der Waals surface area contributed by atoms with Gasteiger partial charge in [0.15, 0.2) is 0 Å². The zero-order valence-electron chi connectivity index (χ0n) is 10.9. The average Bonchev–Trinajstić information content (AvgIpc) is 2.33. The maximum Gasteiger partial charge on any atom is 0.236 e. The maximum atomic E-state index is 13.1. The third-order valence-electron chi connectivity index (χ3n) is 2.57. The number of hydrogen-bond donors (Lipinski definition) is 2. The van der Waals surface area contributed by atoms with Crippen LogP contribution in [0.5, 0.6) is 0 Å². The Hall–Kier alpha value is -0.660. The molecule has 19 heavy (non-hydrogen) atoms. The van der Waals surface area contributed by atoms with Crippen LogP contribution in [0.3, 0.4) is 0 Å². The van der Waals surface area contributed by atoms with Crippen molar-refractivity contribution in [3.8, 4) is 0 Å². The molecule has 0 aliphatic rings. The summed E-state index contributed by atoms with van der Waals surface area (Å²) >= 11 is 3.19. The molecule has 7 heteroatoms. The van der Waals surface area contributed by atoms with Gasteiger partial charge in [0.1, 0.15) is 5.82 Å². The summed E-state index contributed by atoms with van der Waals surface area (Å²) in [6.45, 7) is 4.74. The zero-order valence-corrected chi connectivity index (χ0v) is 13.3. The molecule has 108 valence electrons. The largest absolute Gasteiger partial charge is 0.315 e. The summed E-state index contributed by atoms with van der Waals surface area (Å²) in [7, 11) is -3.54. The van der Waals surface area contributed by atoms with E-state index < -0.39 is 21.1 Å². The molecule has 0 aromatic heterocycles. The Kier molecular flexibility index (Phi) is 6.22. The van der Waals surface area contributed by atoms with Gasteiger partial charge in [0.05, 0.1) is 10.9 Å². The monoisotopic (exact) mass is 352 g/mol. The van der Waals surface area contributed by atoms with Crippen molar-refractivity contribution in [1.29, 1.82) is 0 Å². The van der Waals surface area contributed by atoms with Crippen LogP contribution in [0, 0.1) is 5.82 Å². The molecule has 0 bridgehead atoms. The Balaban J connectivity index is 2.75. The topological polar surface area (TPSA) is 58.2 Å². The van der Waals surface area contributed by atoms with E-state index in [0.717, 1.165) is 19.0 Å². The van der Waals surface area contributed by atoms with Crippen molar-refractivity contribution < 1.29 is 12.8 Å². The van der Waals surface area contributed by atoms with Crippen molar-refractivity contribution in [2.75, 3.05) is 17.8 Å². The highest BCUT2D eigenvalue weighted by atomic mass is 79.9. The Morgan fingerprint density at radius 1 is 1.42 bits per heavy atom. The maximum absolute atomic E-state index is 13.1.